The van der Waals surface area contributed by atoms with Crippen molar-refractivity contribution < 1.29 is 18.8 Å². The molecule has 0 aliphatic heterocycles. The summed E-state index contributed by atoms with van der Waals surface area (Å²) in [6.45, 7) is 8.77. The highest BCUT2D eigenvalue weighted by molar-refractivity contribution is 5.96. The van der Waals surface area contributed by atoms with Gasteiger partial charge in [-0.2, -0.15) is 4.98 Å². The number of aryl methyl sites for hydroxylation is 1. The van der Waals surface area contributed by atoms with Crippen molar-refractivity contribution in [1.82, 2.24) is 20.4 Å². The Bertz CT molecular complexity index is 1930. The van der Waals surface area contributed by atoms with Crippen molar-refractivity contribution in [3.05, 3.63) is 143 Å². The average molecular weight is 613 g/mol. The van der Waals surface area contributed by atoms with E-state index in [0.717, 1.165) is 33.4 Å². The second-order valence-electron chi connectivity index (χ2n) is 12.3. The summed E-state index contributed by atoms with van der Waals surface area (Å²) in [6, 6.07) is 32.8. The first-order chi connectivity index (χ1) is 22.2. The molecule has 1 amide bonds. The number of pyridine rings is 1. The Labute approximate surface area is 268 Å². The van der Waals surface area contributed by atoms with E-state index in [1.807, 2.05) is 84.9 Å². The Morgan fingerprint density at radius 2 is 1.54 bits per heavy atom. The van der Waals surface area contributed by atoms with Crippen molar-refractivity contribution in [2.75, 3.05) is 0 Å². The Morgan fingerprint density at radius 3 is 2.24 bits per heavy atom. The predicted octanol–water partition coefficient (Wildman–Crippen LogP) is 8.31. The van der Waals surface area contributed by atoms with Gasteiger partial charge in [0.25, 0.3) is 5.91 Å². The summed E-state index contributed by atoms with van der Waals surface area (Å²) in [5, 5.41) is 8.72. The number of aromatic nitrogens is 3. The predicted molar refractivity (Wildman–Crippen MR) is 177 cm³/mol. The van der Waals surface area contributed by atoms with Crippen LogP contribution < -0.4 is 14.8 Å². The molecule has 1 N–H and O–H groups in total. The van der Waals surface area contributed by atoms with Gasteiger partial charge >= 0.3 is 0 Å². The van der Waals surface area contributed by atoms with Crippen LogP contribution in [0.2, 0.25) is 0 Å². The lowest BCUT2D eigenvalue weighted by Crippen LogP contribution is -2.31. The zero-order valence-corrected chi connectivity index (χ0v) is 26.4. The third-order valence-electron chi connectivity index (χ3n) is 7.64. The van der Waals surface area contributed by atoms with E-state index in [4.69, 9.17) is 14.0 Å². The Morgan fingerprint density at radius 1 is 0.826 bits per heavy atom. The molecule has 46 heavy (non-hydrogen) atoms. The van der Waals surface area contributed by atoms with Crippen LogP contribution in [-0.2, 0) is 18.4 Å². The van der Waals surface area contributed by atoms with Crippen LogP contribution in [0.1, 0.15) is 65.7 Å². The highest BCUT2D eigenvalue weighted by Crippen LogP contribution is 2.29. The molecule has 1 atom stereocenters. The van der Waals surface area contributed by atoms with Crippen LogP contribution in [0.3, 0.4) is 0 Å². The number of rotatable bonds is 10. The molecule has 4 aromatic carbocycles. The highest BCUT2D eigenvalue weighted by Gasteiger charge is 2.23. The van der Waals surface area contributed by atoms with E-state index >= 15 is 0 Å². The van der Waals surface area contributed by atoms with Crippen molar-refractivity contribution >= 4 is 16.7 Å². The maximum Gasteiger partial charge on any atom is 0.270 e. The molecule has 0 fully saturated rings. The molecule has 6 rings (SSSR count). The number of fused-ring (bicyclic) bond motifs is 1. The molecule has 2 aromatic heterocycles. The number of hydrogen-bond acceptors (Lipinski definition) is 7. The van der Waals surface area contributed by atoms with E-state index in [9.17, 15) is 4.79 Å². The maximum absolute atomic E-state index is 13.5. The van der Waals surface area contributed by atoms with E-state index in [1.54, 1.807) is 19.2 Å². The van der Waals surface area contributed by atoms with Crippen LogP contribution in [0, 0.1) is 6.92 Å². The van der Waals surface area contributed by atoms with Gasteiger partial charge in [-0.15, -0.1) is 0 Å². The number of ether oxygens (including phenoxy) is 2. The zero-order chi connectivity index (χ0) is 32.1. The minimum absolute atomic E-state index is 0.0645. The van der Waals surface area contributed by atoms with Gasteiger partial charge in [0.15, 0.2) is 5.82 Å². The van der Waals surface area contributed by atoms with Gasteiger partial charge in [-0.3, -0.25) is 9.78 Å². The smallest absolute Gasteiger partial charge is 0.270 e. The summed E-state index contributed by atoms with van der Waals surface area (Å²) in [6.07, 6.45) is 2.12. The van der Waals surface area contributed by atoms with Gasteiger partial charge in [0.1, 0.15) is 35.6 Å². The van der Waals surface area contributed by atoms with Crippen LogP contribution in [0.25, 0.3) is 10.8 Å². The van der Waals surface area contributed by atoms with Crippen LogP contribution in [0.5, 0.6) is 17.2 Å². The number of benzene rings is 4. The molecule has 0 spiro atoms. The summed E-state index contributed by atoms with van der Waals surface area (Å²) in [5.41, 5.74) is 3.63. The quantitative estimate of drug-likeness (QED) is 0.166. The van der Waals surface area contributed by atoms with Crippen LogP contribution in [-0.4, -0.2) is 21.0 Å². The molecule has 0 aliphatic carbocycles. The van der Waals surface area contributed by atoms with E-state index < -0.39 is 6.04 Å². The first kappa shape index (κ1) is 30.5. The lowest BCUT2D eigenvalue weighted by atomic mass is 9.87. The van der Waals surface area contributed by atoms with Gasteiger partial charge < -0.3 is 19.3 Å². The lowest BCUT2D eigenvalue weighted by Gasteiger charge is -2.19. The fourth-order valence-corrected chi connectivity index (χ4v) is 5.05. The molecule has 8 nitrogen and oxygen atoms in total. The molecule has 0 aliphatic rings. The lowest BCUT2D eigenvalue weighted by molar-refractivity contribution is 0.0923. The van der Waals surface area contributed by atoms with E-state index in [-0.39, 0.29) is 17.0 Å². The summed E-state index contributed by atoms with van der Waals surface area (Å²) < 4.78 is 17.5. The topological polar surface area (TPSA) is 99.4 Å². The molecule has 6 aromatic rings. The van der Waals surface area contributed by atoms with Gasteiger partial charge in [-0.25, -0.2) is 0 Å². The number of nitrogens with zero attached hydrogens (tertiary/aromatic N) is 3. The minimum atomic E-state index is -0.562. The maximum atomic E-state index is 13.5. The van der Waals surface area contributed by atoms with Gasteiger partial charge in [-0.05, 0) is 82.9 Å². The first-order valence-electron chi connectivity index (χ1n) is 15.2. The second kappa shape index (κ2) is 13.2. The zero-order valence-electron chi connectivity index (χ0n) is 26.4. The van der Waals surface area contributed by atoms with Crippen molar-refractivity contribution in [1.29, 1.82) is 0 Å². The van der Waals surface area contributed by atoms with Crippen LogP contribution in [0.4, 0.5) is 0 Å². The van der Waals surface area contributed by atoms with Gasteiger partial charge in [0.05, 0.1) is 0 Å². The number of carbonyl (C=O) groups excluding carboxylic acids is 1. The SMILES string of the molecule is Cc1noc([C@H](Cc2ccc(OCc3ccccc3)cc2)NC(=O)c2cc3cc(Oc4ccc(C(C)(C)C)cc4)ccc3cn2)n1. The van der Waals surface area contributed by atoms with Crippen molar-refractivity contribution in [2.45, 2.75) is 52.2 Å². The molecule has 2 heterocycles. The normalized spacial score (nSPS) is 12.1. The molecular formula is C38H36N4O4. The Hall–Kier alpha value is -5.50. The Kier molecular flexibility index (Phi) is 8.79. The number of amides is 1. The summed E-state index contributed by atoms with van der Waals surface area (Å²) >= 11 is 0. The molecule has 0 bridgehead atoms. The summed E-state index contributed by atoms with van der Waals surface area (Å²) in [5.74, 6) is 2.63. The van der Waals surface area contributed by atoms with E-state index in [0.29, 0.717) is 30.5 Å². The van der Waals surface area contributed by atoms with Crippen LogP contribution >= 0.6 is 0 Å². The molecule has 232 valence electrons. The summed E-state index contributed by atoms with van der Waals surface area (Å²) in [4.78, 5) is 22.4. The first-order valence-corrected chi connectivity index (χ1v) is 15.2. The van der Waals surface area contributed by atoms with Crippen molar-refractivity contribution in [3.63, 3.8) is 0 Å². The molecule has 0 unspecified atom stereocenters. The van der Waals surface area contributed by atoms with Crippen molar-refractivity contribution in [2.24, 2.45) is 0 Å². The Balaban J connectivity index is 1.16. The largest absolute Gasteiger partial charge is 0.489 e. The minimum Gasteiger partial charge on any atom is -0.489 e. The van der Waals surface area contributed by atoms with Crippen LogP contribution in [0.15, 0.2) is 114 Å². The number of hydrogen-bond donors (Lipinski definition) is 1. The standard InChI is InChI=1S/C38H36N4O4/c1-25-40-37(46-42-25)35(20-26-10-15-31(16-11-26)44-24-27-8-6-5-7-9-27)41-36(43)34-22-29-21-33(17-12-28(29)23-39-34)45-32-18-13-30(14-19-32)38(2,3)4/h5-19,21-23,35H,20,24H2,1-4H3,(H,41,43)/t35-/m0/s1. The number of carbonyl (C=O) groups is 1. The monoisotopic (exact) mass is 612 g/mol. The number of nitrogens with one attached hydrogen (secondary N) is 1. The fraction of sp³-hybridized carbons (Fsp3) is 0.211. The third kappa shape index (κ3) is 7.58. The molecule has 0 saturated carbocycles. The van der Waals surface area contributed by atoms with Crippen molar-refractivity contribution in [3.8, 4) is 17.2 Å². The van der Waals surface area contributed by atoms with Gasteiger partial charge in [0, 0.05) is 18.0 Å². The fourth-order valence-electron chi connectivity index (χ4n) is 5.05. The van der Waals surface area contributed by atoms with E-state index in [1.165, 1.54) is 5.56 Å². The average Bonchev–Trinajstić information content (AvgIpc) is 3.50. The highest BCUT2D eigenvalue weighted by atomic mass is 16.5. The van der Waals surface area contributed by atoms with E-state index in [2.05, 4.69) is 53.3 Å². The molecular weight excluding hydrogens is 576 g/mol. The van der Waals surface area contributed by atoms with Gasteiger partial charge in [0.2, 0.25) is 5.89 Å². The molecule has 8 heteroatoms. The molecule has 0 radical (unpaired) electrons. The van der Waals surface area contributed by atoms with Gasteiger partial charge in [-0.1, -0.05) is 80.5 Å². The second-order valence-corrected chi connectivity index (χ2v) is 12.3. The third-order valence-corrected chi connectivity index (χ3v) is 7.64. The molecule has 0 saturated heterocycles. The summed E-state index contributed by atoms with van der Waals surface area (Å²) in [7, 11) is 0.